The minimum absolute atomic E-state index is 0.935. The molecule has 86 valence electrons. The van der Waals surface area contributed by atoms with Gasteiger partial charge in [0.1, 0.15) is 0 Å². The zero-order valence-electron chi connectivity index (χ0n) is 9.95. The molecule has 0 saturated carbocycles. The van der Waals surface area contributed by atoms with Crippen molar-refractivity contribution in [2.24, 2.45) is 4.99 Å². The molecule has 1 aliphatic carbocycles. The molecule has 0 radical (unpaired) electrons. The second-order valence-corrected chi connectivity index (χ2v) is 3.87. The van der Waals surface area contributed by atoms with E-state index in [2.05, 4.69) is 23.2 Å². The standard InChI is InChI=1S/C15H16N2/c1-17(15-11-7-2-3-8-12-15)13-16-14-9-5-4-6-10-14/h2-11,13H,12H2,1H3. The Kier molecular flexibility index (Phi) is 3.92. The van der Waals surface area contributed by atoms with Gasteiger partial charge in [-0.1, -0.05) is 42.5 Å². The molecular weight excluding hydrogens is 208 g/mol. The van der Waals surface area contributed by atoms with E-state index in [0.717, 1.165) is 12.1 Å². The lowest BCUT2D eigenvalue weighted by atomic mass is 10.3. The van der Waals surface area contributed by atoms with E-state index < -0.39 is 0 Å². The zero-order valence-corrected chi connectivity index (χ0v) is 9.95. The van der Waals surface area contributed by atoms with Crippen LogP contribution in [0.25, 0.3) is 0 Å². The summed E-state index contributed by atoms with van der Waals surface area (Å²) in [6.07, 6.45) is 13.2. The highest BCUT2D eigenvalue weighted by Crippen LogP contribution is 2.12. The van der Waals surface area contributed by atoms with Crippen molar-refractivity contribution >= 4 is 12.0 Å². The first kappa shape index (κ1) is 11.4. The van der Waals surface area contributed by atoms with Crippen molar-refractivity contribution in [1.82, 2.24) is 4.90 Å². The van der Waals surface area contributed by atoms with Gasteiger partial charge in [-0.2, -0.15) is 0 Å². The Labute approximate surface area is 102 Å². The molecule has 0 amide bonds. The minimum Gasteiger partial charge on any atom is -0.339 e. The number of rotatable bonds is 3. The number of nitrogens with zero attached hydrogens (tertiary/aromatic N) is 2. The van der Waals surface area contributed by atoms with E-state index in [9.17, 15) is 0 Å². The molecule has 1 aromatic rings. The molecule has 0 atom stereocenters. The summed E-state index contributed by atoms with van der Waals surface area (Å²) in [5, 5.41) is 0. The van der Waals surface area contributed by atoms with Crippen LogP contribution in [0.4, 0.5) is 5.69 Å². The van der Waals surface area contributed by atoms with Gasteiger partial charge < -0.3 is 4.90 Å². The first-order valence-corrected chi connectivity index (χ1v) is 5.71. The molecule has 0 aliphatic heterocycles. The highest BCUT2D eigenvalue weighted by molar-refractivity contribution is 5.63. The highest BCUT2D eigenvalue weighted by atomic mass is 15.1. The largest absolute Gasteiger partial charge is 0.339 e. The van der Waals surface area contributed by atoms with Gasteiger partial charge in [-0.25, -0.2) is 4.99 Å². The van der Waals surface area contributed by atoms with Gasteiger partial charge in [0.2, 0.25) is 0 Å². The number of para-hydroxylation sites is 1. The lowest BCUT2D eigenvalue weighted by Crippen LogP contribution is -2.14. The summed E-state index contributed by atoms with van der Waals surface area (Å²) < 4.78 is 0. The van der Waals surface area contributed by atoms with Gasteiger partial charge in [0.25, 0.3) is 0 Å². The van der Waals surface area contributed by atoms with E-state index >= 15 is 0 Å². The number of hydrogen-bond donors (Lipinski definition) is 0. The summed E-state index contributed by atoms with van der Waals surface area (Å²) in [4.78, 5) is 6.47. The maximum atomic E-state index is 4.42. The van der Waals surface area contributed by atoms with Crippen molar-refractivity contribution in [1.29, 1.82) is 0 Å². The molecule has 0 fully saturated rings. The van der Waals surface area contributed by atoms with E-state index in [4.69, 9.17) is 0 Å². The first-order chi connectivity index (χ1) is 8.36. The first-order valence-electron chi connectivity index (χ1n) is 5.71. The second-order valence-electron chi connectivity index (χ2n) is 3.87. The number of aliphatic imine (C=N–C) groups is 1. The average Bonchev–Trinajstić information content (AvgIpc) is 2.66. The number of allylic oxidation sites excluding steroid dienone is 5. The highest BCUT2D eigenvalue weighted by Gasteiger charge is 2.00. The SMILES string of the molecule is CN(C=Nc1ccccc1)C1=CC=CC=CC1. The van der Waals surface area contributed by atoms with E-state index in [-0.39, 0.29) is 0 Å². The van der Waals surface area contributed by atoms with Crippen molar-refractivity contribution in [3.05, 3.63) is 66.4 Å². The fraction of sp³-hybridized carbons (Fsp3) is 0.133. The Morgan fingerprint density at radius 1 is 1.12 bits per heavy atom. The summed E-state index contributed by atoms with van der Waals surface area (Å²) in [7, 11) is 2.02. The molecule has 17 heavy (non-hydrogen) atoms. The molecular formula is C15H16N2. The third-order valence-corrected chi connectivity index (χ3v) is 2.56. The summed E-state index contributed by atoms with van der Waals surface area (Å²) in [6, 6.07) is 9.95. The van der Waals surface area contributed by atoms with E-state index in [1.165, 1.54) is 5.70 Å². The Balaban J connectivity index is 2.04. The molecule has 0 heterocycles. The van der Waals surface area contributed by atoms with E-state index in [1.54, 1.807) is 0 Å². The molecule has 2 heteroatoms. The van der Waals surface area contributed by atoms with Crippen LogP contribution < -0.4 is 0 Å². The molecule has 1 aromatic carbocycles. The van der Waals surface area contributed by atoms with Crippen LogP contribution in [0.5, 0.6) is 0 Å². The maximum absolute atomic E-state index is 4.42. The minimum atomic E-state index is 0.935. The zero-order chi connectivity index (χ0) is 11.9. The monoisotopic (exact) mass is 224 g/mol. The fourth-order valence-electron chi connectivity index (χ4n) is 1.57. The van der Waals surface area contributed by atoms with Gasteiger partial charge in [0.05, 0.1) is 12.0 Å². The predicted molar refractivity (Wildman–Crippen MR) is 73.3 cm³/mol. The van der Waals surface area contributed by atoms with Crippen LogP contribution in [0.15, 0.2) is 71.4 Å². The smallest absolute Gasteiger partial charge is 0.0951 e. The summed E-state index contributed by atoms with van der Waals surface area (Å²) >= 11 is 0. The van der Waals surface area contributed by atoms with Crippen LogP contribution in [0, 0.1) is 0 Å². The quantitative estimate of drug-likeness (QED) is 0.565. The third-order valence-electron chi connectivity index (χ3n) is 2.56. The van der Waals surface area contributed by atoms with Crippen LogP contribution in [-0.4, -0.2) is 18.3 Å². The van der Waals surface area contributed by atoms with Crippen molar-refractivity contribution in [3.8, 4) is 0 Å². The Bertz CT molecular complexity index is 467. The average molecular weight is 224 g/mol. The van der Waals surface area contributed by atoms with E-state index in [0.29, 0.717) is 0 Å². The van der Waals surface area contributed by atoms with E-state index in [1.807, 2.05) is 60.8 Å². The molecule has 1 aliphatic rings. The van der Waals surface area contributed by atoms with Crippen molar-refractivity contribution in [2.75, 3.05) is 7.05 Å². The molecule has 0 aromatic heterocycles. The van der Waals surface area contributed by atoms with Crippen molar-refractivity contribution < 1.29 is 0 Å². The second kappa shape index (κ2) is 5.85. The van der Waals surface area contributed by atoms with Crippen LogP contribution >= 0.6 is 0 Å². The lowest BCUT2D eigenvalue weighted by Gasteiger charge is -2.15. The van der Waals surface area contributed by atoms with Gasteiger partial charge in [-0.05, 0) is 18.2 Å². The molecule has 0 bridgehead atoms. The van der Waals surface area contributed by atoms with Crippen LogP contribution in [-0.2, 0) is 0 Å². The fourth-order valence-corrected chi connectivity index (χ4v) is 1.57. The Morgan fingerprint density at radius 3 is 2.76 bits per heavy atom. The van der Waals surface area contributed by atoms with Gasteiger partial charge >= 0.3 is 0 Å². The normalized spacial score (nSPS) is 14.8. The van der Waals surface area contributed by atoms with Gasteiger partial charge in [-0.3, -0.25) is 0 Å². The third kappa shape index (κ3) is 3.45. The number of benzene rings is 1. The molecule has 0 unspecified atom stereocenters. The maximum Gasteiger partial charge on any atom is 0.0951 e. The summed E-state index contributed by atoms with van der Waals surface area (Å²) in [5.41, 5.74) is 2.20. The van der Waals surface area contributed by atoms with Crippen molar-refractivity contribution in [3.63, 3.8) is 0 Å². The van der Waals surface area contributed by atoms with Gasteiger partial charge in [-0.15, -0.1) is 0 Å². The molecule has 2 nitrogen and oxygen atoms in total. The van der Waals surface area contributed by atoms with Crippen LogP contribution in [0.1, 0.15) is 6.42 Å². The molecule has 0 spiro atoms. The van der Waals surface area contributed by atoms with Crippen molar-refractivity contribution in [2.45, 2.75) is 6.42 Å². The Morgan fingerprint density at radius 2 is 1.94 bits per heavy atom. The van der Waals surface area contributed by atoms with Crippen LogP contribution in [0.3, 0.4) is 0 Å². The van der Waals surface area contributed by atoms with Crippen LogP contribution in [0.2, 0.25) is 0 Å². The topological polar surface area (TPSA) is 15.6 Å². The summed E-state index contributed by atoms with van der Waals surface area (Å²) in [5.74, 6) is 0. The summed E-state index contributed by atoms with van der Waals surface area (Å²) in [6.45, 7) is 0. The van der Waals surface area contributed by atoms with Gasteiger partial charge in [0, 0.05) is 19.2 Å². The number of hydrogen-bond acceptors (Lipinski definition) is 1. The molecule has 0 N–H and O–H groups in total. The molecule has 2 rings (SSSR count). The molecule has 0 saturated heterocycles. The van der Waals surface area contributed by atoms with Gasteiger partial charge in [0.15, 0.2) is 0 Å². The lowest BCUT2D eigenvalue weighted by molar-refractivity contribution is 0.628. The predicted octanol–water partition coefficient (Wildman–Crippen LogP) is 3.68. The Hall–Kier alpha value is -2.09.